The van der Waals surface area contributed by atoms with Gasteiger partial charge in [0.1, 0.15) is 0 Å². The number of rotatable bonds is 8. The van der Waals surface area contributed by atoms with Crippen LogP contribution in [0.2, 0.25) is 0 Å². The molecule has 0 aliphatic carbocycles. The van der Waals surface area contributed by atoms with Gasteiger partial charge in [0.05, 0.1) is 12.9 Å². The molecule has 4 heteroatoms. The maximum absolute atomic E-state index is 12.0. The summed E-state index contributed by atoms with van der Waals surface area (Å²) in [6, 6.07) is 3.35. The molecular formula is C13H21NO3. The summed E-state index contributed by atoms with van der Waals surface area (Å²) >= 11 is 0. The van der Waals surface area contributed by atoms with Gasteiger partial charge in [-0.2, -0.15) is 0 Å². The first kappa shape index (κ1) is 13.8. The van der Waals surface area contributed by atoms with Crippen LogP contribution >= 0.6 is 0 Å². The Balaban J connectivity index is 2.44. The Morgan fingerprint density at radius 1 is 1.35 bits per heavy atom. The number of carbonyl (C=O) groups is 1. The van der Waals surface area contributed by atoms with Gasteiger partial charge in [-0.3, -0.25) is 4.79 Å². The largest absolute Gasteiger partial charge is 0.459 e. The van der Waals surface area contributed by atoms with E-state index in [9.17, 15) is 4.79 Å². The number of nitrogens with zero attached hydrogens (tertiary/aromatic N) is 1. The van der Waals surface area contributed by atoms with Gasteiger partial charge in [-0.15, -0.1) is 0 Å². The second-order valence-corrected chi connectivity index (χ2v) is 4.05. The third kappa shape index (κ3) is 4.61. The highest BCUT2D eigenvalue weighted by Crippen LogP contribution is 2.08. The zero-order chi connectivity index (χ0) is 12.5. The smallest absolute Gasteiger partial charge is 0.289 e. The molecule has 1 aromatic heterocycles. The lowest BCUT2D eigenvalue weighted by molar-refractivity contribution is 0.0686. The molecule has 0 bridgehead atoms. The molecular weight excluding hydrogens is 218 g/mol. The van der Waals surface area contributed by atoms with E-state index in [1.54, 1.807) is 17.0 Å². The number of aliphatic hydroxyl groups is 1. The molecule has 0 spiro atoms. The molecule has 0 aliphatic rings. The third-order valence-electron chi connectivity index (χ3n) is 2.67. The lowest BCUT2D eigenvalue weighted by Crippen LogP contribution is -2.34. The first-order valence-electron chi connectivity index (χ1n) is 6.23. The fourth-order valence-electron chi connectivity index (χ4n) is 1.72. The van der Waals surface area contributed by atoms with Crippen molar-refractivity contribution in [3.05, 3.63) is 24.2 Å². The summed E-state index contributed by atoms with van der Waals surface area (Å²) in [7, 11) is 0. The molecule has 1 amide bonds. The van der Waals surface area contributed by atoms with Crippen LogP contribution in [0.4, 0.5) is 0 Å². The maximum atomic E-state index is 12.0. The molecule has 1 heterocycles. The molecule has 0 unspecified atom stereocenters. The normalized spacial score (nSPS) is 10.5. The van der Waals surface area contributed by atoms with Gasteiger partial charge in [-0.05, 0) is 18.6 Å². The maximum Gasteiger partial charge on any atom is 0.289 e. The fourth-order valence-corrected chi connectivity index (χ4v) is 1.72. The molecule has 0 saturated heterocycles. The third-order valence-corrected chi connectivity index (χ3v) is 2.67. The van der Waals surface area contributed by atoms with Gasteiger partial charge < -0.3 is 14.4 Å². The van der Waals surface area contributed by atoms with E-state index in [2.05, 4.69) is 6.92 Å². The predicted octanol–water partition coefficient (Wildman–Crippen LogP) is 2.29. The Morgan fingerprint density at radius 2 is 2.18 bits per heavy atom. The van der Waals surface area contributed by atoms with Gasteiger partial charge in [0.2, 0.25) is 0 Å². The Morgan fingerprint density at radius 3 is 2.76 bits per heavy atom. The van der Waals surface area contributed by atoms with Crippen LogP contribution in [0.3, 0.4) is 0 Å². The van der Waals surface area contributed by atoms with Crippen LogP contribution in [0, 0.1) is 0 Å². The highest BCUT2D eigenvalue weighted by molar-refractivity contribution is 5.91. The van der Waals surface area contributed by atoms with Crippen molar-refractivity contribution in [2.45, 2.75) is 32.6 Å². The summed E-state index contributed by atoms with van der Waals surface area (Å²) in [5.41, 5.74) is 0. The number of hydrogen-bond acceptors (Lipinski definition) is 3. The van der Waals surface area contributed by atoms with Crippen molar-refractivity contribution in [2.24, 2.45) is 0 Å². The van der Waals surface area contributed by atoms with Crippen molar-refractivity contribution in [3.8, 4) is 0 Å². The summed E-state index contributed by atoms with van der Waals surface area (Å²) in [5, 5.41) is 8.96. The molecule has 4 nitrogen and oxygen atoms in total. The van der Waals surface area contributed by atoms with Crippen LogP contribution in [0.5, 0.6) is 0 Å². The zero-order valence-corrected chi connectivity index (χ0v) is 10.4. The number of furan rings is 1. The topological polar surface area (TPSA) is 53.7 Å². The van der Waals surface area contributed by atoms with Crippen molar-refractivity contribution in [1.82, 2.24) is 4.90 Å². The summed E-state index contributed by atoms with van der Waals surface area (Å²) in [4.78, 5) is 13.6. The highest BCUT2D eigenvalue weighted by atomic mass is 16.3. The second kappa shape index (κ2) is 7.90. The number of hydrogen-bond donors (Lipinski definition) is 1. The van der Waals surface area contributed by atoms with Crippen LogP contribution < -0.4 is 0 Å². The quantitative estimate of drug-likeness (QED) is 0.708. The van der Waals surface area contributed by atoms with Crippen LogP contribution in [-0.2, 0) is 0 Å². The minimum atomic E-state index is -0.138. The van der Waals surface area contributed by atoms with Crippen LogP contribution in [0.15, 0.2) is 22.8 Å². The van der Waals surface area contributed by atoms with Crippen LogP contribution in [0.25, 0.3) is 0 Å². The average Bonchev–Trinajstić information content (AvgIpc) is 2.86. The van der Waals surface area contributed by atoms with Gasteiger partial charge in [-0.1, -0.05) is 26.2 Å². The van der Waals surface area contributed by atoms with Crippen molar-refractivity contribution in [1.29, 1.82) is 0 Å². The molecule has 0 aromatic carbocycles. The van der Waals surface area contributed by atoms with E-state index in [1.165, 1.54) is 19.1 Å². The van der Waals surface area contributed by atoms with Crippen molar-refractivity contribution in [2.75, 3.05) is 19.7 Å². The van der Waals surface area contributed by atoms with E-state index in [-0.39, 0.29) is 12.5 Å². The first-order valence-corrected chi connectivity index (χ1v) is 6.23. The van der Waals surface area contributed by atoms with Gasteiger partial charge >= 0.3 is 0 Å². The number of unbranched alkanes of at least 4 members (excludes halogenated alkanes) is 3. The van der Waals surface area contributed by atoms with E-state index in [1.807, 2.05) is 0 Å². The van der Waals surface area contributed by atoms with Gasteiger partial charge in [0.25, 0.3) is 5.91 Å². The molecule has 0 aliphatic heterocycles. The monoisotopic (exact) mass is 239 g/mol. The van der Waals surface area contributed by atoms with Gasteiger partial charge in [-0.25, -0.2) is 0 Å². The van der Waals surface area contributed by atoms with Crippen LogP contribution in [-0.4, -0.2) is 35.6 Å². The molecule has 0 fully saturated rings. The summed E-state index contributed by atoms with van der Waals surface area (Å²) in [6.45, 7) is 3.19. The summed E-state index contributed by atoms with van der Waals surface area (Å²) < 4.78 is 5.08. The number of aliphatic hydroxyl groups excluding tert-OH is 1. The minimum absolute atomic E-state index is 0.0137. The minimum Gasteiger partial charge on any atom is -0.459 e. The van der Waals surface area contributed by atoms with E-state index in [0.717, 1.165) is 12.8 Å². The van der Waals surface area contributed by atoms with Crippen molar-refractivity contribution < 1.29 is 14.3 Å². The molecule has 0 radical (unpaired) electrons. The number of carbonyl (C=O) groups excluding carboxylic acids is 1. The Labute approximate surface area is 102 Å². The van der Waals surface area contributed by atoms with Gasteiger partial charge in [0, 0.05) is 13.1 Å². The molecule has 96 valence electrons. The number of amides is 1. The first-order chi connectivity index (χ1) is 8.29. The Bertz CT molecular complexity index is 308. The van der Waals surface area contributed by atoms with Crippen LogP contribution in [0.1, 0.15) is 43.2 Å². The molecule has 0 saturated carbocycles. The lowest BCUT2D eigenvalue weighted by atomic mass is 10.2. The molecule has 0 atom stereocenters. The van der Waals surface area contributed by atoms with E-state index in [4.69, 9.17) is 9.52 Å². The highest BCUT2D eigenvalue weighted by Gasteiger charge is 2.16. The average molecular weight is 239 g/mol. The SMILES string of the molecule is CCCCCCN(CCO)C(=O)c1ccco1. The van der Waals surface area contributed by atoms with E-state index in [0.29, 0.717) is 18.8 Å². The van der Waals surface area contributed by atoms with Crippen molar-refractivity contribution >= 4 is 5.91 Å². The molecule has 17 heavy (non-hydrogen) atoms. The fraction of sp³-hybridized carbons (Fsp3) is 0.615. The second-order valence-electron chi connectivity index (χ2n) is 4.05. The van der Waals surface area contributed by atoms with E-state index >= 15 is 0 Å². The summed E-state index contributed by atoms with van der Waals surface area (Å²) in [5.74, 6) is 0.203. The zero-order valence-electron chi connectivity index (χ0n) is 10.4. The Hall–Kier alpha value is -1.29. The lowest BCUT2D eigenvalue weighted by Gasteiger charge is -2.20. The molecule has 1 N–H and O–H groups in total. The van der Waals surface area contributed by atoms with E-state index < -0.39 is 0 Å². The standard InChI is InChI=1S/C13H21NO3/c1-2-3-4-5-8-14(9-10-15)13(16)12-7-6-11-17-12/h6-7,11,15H,2-5,8-10H2,1H3. The van der Waals surface area contributed by atoms with Gasteiger partial charge in [0.15, 0.2) is 5.76 Å². The summed E-state index contributed by atoms with van der Waals surface area (Å²) in [6.07, 6.45) is 5.93. The Kier molecular flexibility index (Phi) is 6.40. The molecule has 1 rings (SSSR count). The molecule has 1 aromatic rings. The predicted molar refractivity (Wildman–Crippen MR) is 65.8 cm³/mol. The van der Waals surface area contributed by atoms with Crippen molar-refractivity contribution in [3.63, 3.8) is 0 Å².